The summed E-state index contributed by atoms with van der Waals surface area (Å²) < 4.78 is 0. The predicted molar refractivity (Wildman–Crippen MR) is 53.9 cm³/mol. The van der Waals surface area contributed by atoms with Gasteiger partial charge >= 0.3 is 6.03 Å². The number of urea groups is 1. The van der Waals surface area contributed by atoms with Crippen molar-refractivity contribution in [1.82, 2.24) is 10.2 Å². The number of carbonyl (C=O) groups excluding carboxylic acids is 1. The number of carbonyl (C=O) groups is 1. The van der Waals surface area contributed by atoms with E-state index in [0.717, 1.165) is 37.4 Å². The highest BCUT2D eigenvalue weighted by atomic mass is 16.2. The fourth-order valence-electron chi connectivity index (χ4n) is 2.67. The van der Waals surface area contributed by atoms with E-state index in [1.807, 2.05) is 4.90 Å². The molecule has 2 amide bonds. The molecule has 0 bridgehead atoms. The molecule has 0 aromatic carbocycles. The molecule has 14 heavy (non-hydrogen) atoms. The molecule has 1 saturated heterocycles. The maximum atomic E-state index is 11.4. The van der Waals surface area contributed by atoms with Crippen molar-refractivity contribution in [3.05, 3.63) is 0 Å². The van der Waals surface area contributed by atoms with Gasteiger partial charge in [0.2, 0.25) is 0 Å². The van der Waals surface area contributed by atoms with Crippen molar-refractivity contribution >= 4 is 6.03 Å². The summed E-state index contributed by atoms with van der Waals surface area (Å²) in [7, 11) is 0. The van der Waals surface area contributed by atoms with Gasteiger partial charge in [0.25, 0.3) is 0 Å². The van der Waals surface area contributed by atoms with Gasteiger partial charge in [0.05, 0.1) is 0 Å². The molecule has 0 spiro atoms. The lowest BCUT2D eigenvalue weighted by Crippen LogP contribution is -2.34. The Morgan fingerprint density at radius 2 is 1.93 bits per heavy atom. The van der Waals surface area contributed by atoms with E-state index in [1.165, 1.54) is 25.7 Å². The molecule has 78 valence electrons. The third kappa shape index (κ3) is 1.60. The molecule has 0 aromatic rings. The maximum Gasteiger partial charge on any atom is 0.317 e. The standard InChI is InChI=1S/C11H18N2O/c14-11-12-5-6-13(11)7-10(8-1-2-8)9-3-4-9/h8-10H,1-7H2,(H,12,14). The molecule has 2 aliphatic carbocycles. The number of nitrogens with zero attached hydrogens (tertiary/aromatic N) is 1. The second-order valence-corrected chi connectivity index (χ2v) is 5.02. The minimum atomic E-state index is 0.163. The van der Waals surface area contributed by atoms with Crippen LogP contribution >= 0.6 is 0 Å². The molecular formula is C11H18N2O. The molecule has 3 nitrogen and oxygen atoms in total. The fourth-order valence-corrected chi connectivity index (χ4v) is 2.67. The first-order valence-corrected chi connectivity index (χ1v) is 5.87. The van der Waals surface area contributed by atoms with Gasteiger partial charge in [-0.05, 0) is 43.4 Å². The zero-order chi connectivity index (χ0) is 9.54. The van der Waals surface area contributed by atoms with Gasteiger partial charge in [0.15, 0.2) is 0 Å². The molecule has 3 fully saturated rings. The lowest BCUT2D eigenvalue weighted by Gasteiger charge is -2.22. The van der Waals surface area contributed by atoms with E-state index in [9.17, 15) is 4.79 Å². The summed E-state index contributed by atoms with van der Waals surface area (Å²) >= 11 is 0. The first kappa shape index (κ1) is 8.57. The Hall–Kier alpha value is -0.730. The highest BCUT2D eigenvalue weighted by molar-refractivity contribution is 5.76. The molecule has 3 rings (SSSR count). The lowest BCUT2D eigenvalue weighted by atomic mass is 9.97. The smallest absolute Gasteiger partial charge is 0.317 e. The average Bonchev–Trinajstić information content (AvgIpc) is 3.05. The first-order chi connectivity index (χ1) is 6.84. The van der Waals surface area contributed by atoms with E-state index in [2.05, 4.69) is 5.32 Å². The van der Waals surface area contributed by atoms with Crippen molar-refractivity contribution in [1.29, 1.82) is 0 Å². The van der Waals surface area contributed by atoms with Gasteiger partial charge in [-0.25, -0.2) is 4.79 Å². The topological polar surface area (TPSA) is 32.3 Å². The van der Waals surface area contributed by atoms with Gasteiger partial charge in [-0.2, -0.15) is 0 Å². The molecule has 0 aromatic heterocycles. The van der Waals surface area contributed by atoms with Crippen LogP contribution in [-0.4, -0.2) is 30.6 Å². The van der Waals surface area contributed by atoms with Gasteiger partial charge in [-0.3, -0.25) is 0 Å². The summed E-state index contributed by atoms with van der Waals surface area (Å²) in [5.41, 5.74) is 0. The van der Waals surface area contributed by atoms with Crippen LogP contribution in [0, 0.1) is 17.8 Å². The molecule has 1 N–H and O–H groups in total. The lowest BCUT2D eigenvalue weighted by molar-refractivity contribution is 0.200. The molecule has 3 aliphatic rings. The zero-order valence-corrected chi connectivity index (χ0v) is 8.54. The van der Waals surface area contributed by atoms with Gasteiger partial charge in [-0.1, -0.05) is 0 Å². The zero-order valence-electron chi connectivity index (χ0n) is 8.54. The molecule has 0 radical (unpaired) electrons. The maximum absolute atomic E-state index is 11.4. The van der Waals surface area contributed by atoms with Crippen LogP contribution in [0.15, 0.2) is 0 Å². The number of amides is 2. The first-order valence-electron chi connectivity index (χ1n) is 5.87. The Morgan fingerprint density at radius 1 is 1.29 bits per heavy atom. The molecule has 0 unspecified atom stereocenters. The Bertz CT molecular complexity index is 234. The summed E-state index contributed by atoms with van der Waals surface area (Å²) in [6.07, 6.45) is 5.65. The summed E-state index contributed by atoms with van der Waals surface area (Å²) in [6, 6.07) is 0.163. The number of nitrogens with one attached hydrogen (secondary N) is 1. The van der Waals surface area contributed by atoms with Crippen LogP contribution in [0.4, 0.5) is 4.79 Å². The number of hydrogen-bond acceptors (Lipinski definition) is 1. The van der Waals surface area contributed by atoms with Gasteiger partial charge in [-0.15, -0.1) is 0 Å². The van der Waals surface area contributed by atoms with Crippen LogP contribution in [0.25, 0.3) is 0 Å². The average molecular weight is 194 g/mol. The van der Waals surface area contributed by atoms with E-state index in [-0.39, 0.29) is 6.03 Å². The molecular weight excluding hydrogens is 176 g/mol. The van der Waals surface area contributed by atoms with Crippen molar-refractivity contribution in [2.45, 2.75) is 25.7 Å². The summed E-state index contributed by atoms with van der Waals surface area (Å²) in [5, 5.41) is 2.88. The third-order valence-electron chi connectivity index (χ3n) is 3.83. The third-order valence-corrected chi connectivity index (χ3v) is 3.83. The monoisotopic (exact) mass is 194 g/mol. The van der Waals surface area contributed by atoms with E-state index in [4.69, 9.17) is 0 Å². The second-order valence-electron chi connectivity index (χ2n) is 5.02. The number of hydrogen-bond donors (Lipinski definition) is 1. The summed E-state index contributed by atoms with van der Waals surface area (Å²) in [5.74, 6) is 2.74. The SMILES string of the molecule is O=C1NCCN1CC(C1CC1)C1CC1. The predicted octanol–water partition coefficient (Wildman–Crippen LogP) is 1.45. The summed E-state index contributed by atoms with van der Waals surface area (Å²) in [4.78, 5) is 13.4. The minimum absolute atomic E-state index is 0.163. The molecule has 0 atom stereocenters. The molecule has 3 heteroatoms. The normalized spacial score (nSPS) is 27.2. The number of rotatable bonds is 4. The van der Waals surface area contributed by atoms with Gasteiger partial charge in [0, 0.05) is 19.6 Å². The van der Waals surface area contributed by atoms with Crippen molar-refractivity contribution in [2.75, 3.05) is 19.6 Å². The van der Waals surface area contributed by atoms with E-state index in [1.54, 1.807) is 0 Å². The molecule has 1 aliphatic heterocycles. The quantitative estimate of drug-likeness (QED) is 0.721. The highest BCUT2D eigenvalue weighted by Gasteiger charge is 2.42. The Morgan fingerprint density at radius 3 is 2.36 bits per heavy atom. The van der Waals surface area contributed by atoms with Crippen LogP contribution in [0.5, 0.6) is 0 Å². The summed E-state index contributed by atoms with van der Waals surface area (Å²) in [6.45, 7) is 2.80. The van der Waals surface area contributed by atoms with Gasteiger partial charge < -0.3 is 10.2 Å². The van der Waals surface area contributed by atoms with Crippen LogP contribution in [0.2, 0.25) is 0 Å². The van der Waals surface area contributed by atoms with Gasteiger partial charge in [0.1, 0.15) is 0 Å². The second kappa shape index (κ2) is 3.14. The van der Waals surface area contributed by atoms with Crippen molar-refractivity contribution < 1.29 is 4.79 Å². The van der Waals surface area contributed by atoms with E-state index in [0.29, 0.717) is 0 Å². The van der Waals surface area contributed by atoms with Crippen LogP contribution < -0.4 is 5.32 Å². The Kier molecular flexibility index (Phi) is 1.92. The minimum Gasteiger partial charge on any atom is -0.336 e. The highest BCUT2D eigenvalue weighted by Crippen LogP contribution is 2.49. The van der Waals surface area contributed by atoms with Crippen molar-refractivity contribution in [3.63, 3.8) is 0 Å². The molecule has 2 saturated carbocycles. The largest absolute Gasteiger partial charge is 0.336 e. The van der Waals surface area contributed by atoms with Crippen LogP contribution in [0.1, 0.15) is 25.7 Å². The van der Waals surface area contributed by atoms with Crippen molar-refractivity contribution in [2.24, 2.45) is 17.8 Å². The van der Waals surface area contributed by atoms with Crippen LogP contribution in [-0.2, 0) is 0 Å². The molecule has 1 heterocycles. The van der Waals surface area contributed by atoms with E-state index >= 15 is 0 Å². The Labute approximate surface area is 84.8 Å². The van der Waals surface area contributed by atoms with Crippen molar-refractivity contribution in [3.8, 4) is 0 Å². The van der Waals surface area contributed by atoms with Crippen LogP contribution in [0.3, 0.4) is 0 Å². The fraction of sp³-hybridized carbons (Fsp3) is 0.909. The van der Waals surface area contributed by atoms with E-state index < -0.39 is 0 Å². The Balaban J connectivity index is 1.60.